The highest BCUT2D eigenvalue weighted by Crippen LogP contribution is 2.35. The van der Waals surface area contributed by atoms with E-state index in [4.69, 9.17) is 18.9 Å². The molecule has 1 heterocycles. The van der Waals surface area contributed by atoms with Gasteiger partial charge in [0, 0.05) is 16.6 Å². The first kappa shape index (κ1) is 17.3. The van der Waals surface area contributed by atoms with Crippen molar-refractivity contribution in [2.75, 3.05) is 26.3 Å². The predicted molar refractivity (Wildman–Crippen MR) is 96.1 cm³/mol. The highest BCUT2D eigenvalue weighted by molar-refractivity contribution is 8.00. The number of hydrogen-bond donors (Lipinski definition) is 1. The Balaban J connectivity index is 1.64. The van der Waals surface area contributed by atoms with Crippen LogP contribution in [0.2, 0.25) is 0 Å². The van der Waals surface area contributed by atoms with Crippen molar-refractivity contribution in [3.8, 4) is 23.0 Å². The summed E-state index contributed by atoms with van der Waals surface area (Å²) in [6, 6.07) is 10.9. The molecule has 3 rings (SSSR count). The molecule has 1 N–H and O–H groups in total. The number of thioether (sulfide) groups is 1. The van der Waals surface area contributed by atoms with Crippen molar-refractivity contribution in [3.05, 3.63) is 36.4 Å². The van der Waals surface area contributed by atoms with Crippen molar-refractivity contribution >= 4 is 23.4 Å². The number of rotatable bonds is 6. The summed E-state index contributed by atoms with van der Waals surface area (Å²) in [6.45, 7) is 2.06. The lowest BCUT2D eigenvalue weighted by Gasteiger charge is -2.14. The van der Waals surface area contributed by atoms with E-state index in [1.807, 2.05) is 25.1 Å². The molecule has 1 unspecified atom stereocenters. The van der Waals surface area contributed by atoms with Gasteiger partial charge >= 0.3 is 0 Å². The van der Waals surface area contributed by atoms with Crippen molar-refractivity contribution in [3.63, 3.8) is 0 Å². The maximum atomic E-state index is 12.4. The summed E-state index contributed by atoms with van der Waals surface area (Å²) in [5.41, 5.74) is 0.675. The van der Waals surface area contributed by atoms with Crippen LogP contribution in [-0.4, -0.2) is 32.2 Å². The average molecular weight is 361 g/mol. The molecule has 6 nitrogen and oxygen atoms in total. The Morgan fingerprint density at radius 2 is 1.84 bits per heavy atom. The van der Waals surface area contributed by atoms with E-state index in [1.165, 1.54) is 11.8 Å². The first-order valence-corrected chi connectivity index (χ1v) is 8.58. The SMILES string of the molecule is COc1ccc(SC(C)C(=O)Nc2ccc3c(c2)OCO3)cc1OC. The van der Waals surface area contributed by atoms with Crippen LogP contribution < -0.4 is 24.3 Å². The zero-order valence-electron chi connectivity index (χ0n) is 14.2. The smallest absolute Gasteiger partial charge is 0.237 e. The number of ether oxygens (including phenoxy) is 4. The van der Waals surface area contributed by atoms with Gasteiger partial charge < -0.3 is 24.3 Å². The third-order valence-electron chi connectivity index (χ3n) is 3.68. The van der Waals surface area contributed by atoms with Crippen molar-refractivity contribution in [2.24, 2.45) is 0 Å². The van der Waals surface area contributed by atoms with Gasteiger partial charge in [-0.05, 0) is 37.3 Å². The standard InChI is InChI=1S/C18H19NO5S/c1-11(25-13-5-7-14(21-2)16(9-13)22-3)18(20)19-12-4-6-15-17(8-12)24-10-23-15/h4-9,11H,10H2,1-3H3,(H,19,20). The lowest BCUT2D eigenvalue weighted by molar-refractivity contribution is -0.115. The zero-order valence-corrected chi connectivity index (χ0v) is 15.0. The number of methoxy groups -OCH3 is 2. The largest absolute Gasteiger partial charge is 0.493 e. The molecular weight excluding hydrogens is 342 g/mol. The lowest BCUT2D eigenvalue weighted by Crippen LogP contribution is -2.22. The number of carbonyl (C=O) groups excluding carboxylic acids is 1. The van der Waals surface area contributed by atoms with E-state index in [9.17, 15) is 4.79 Å². The Bertz CT molecular complexity index is 780. The maximum absolute atomic E-state index is 12.4. The monoisotopic (exact) mass is 361 g/mol. The van der Waals surface area contributed by atoms with E-state index in [0.29, 0.717) is 28.7 Å². The van der Waals surface area contributed by atoms with Crippen LogP contribution >= 0.6 is 11.8 Å². The van der Waals surface area contributed by atoms with Crippen LogP contribution in [0, 0.1) is 0 Å². The molecule has 1 aliphatic rings. The number of anilines is 1. The number of nitrogens with one attached hydrogen (secondary N) is 1. The van der Waals surface area contributed by atoms with E-state index in [2.05, 4.69) is 5.32 Å². The van der Waals surface area contributed by atoms with Crippen LogP contribution in [0.25, 0.3) is 0 Å². The molecule has 0 spiro atoms. The molecule has 7 heteroatoms. The van der Waals surface area contributed by atoms with E-state index >= 15 is 0 Å². The molecular formula is C18H19NO5S. The molecule has 0 saturated carbocycles. The normalized spacial score (nSPS) is 13.2. The average Bonchev–Trinajstić information content (AvgIpc) is 3.09. The van der Waals surface area contributed by atoms with E-state index in [0.717, 1.165) is 4.90 Å². The summed E-state index contributed by atoms with van der Waals surface area (Å²) in [5, 5.41) is 2.60. The fraction of sp³-hybridized carbons (Fsp3) is 0.278. The second kappa shape index (κ2) is 7.57. The third kappa shape index (κ3) is 3.93. The minimum absolute atomic E-state index is 0.0985. The fourth-order valence-corrected chi connectivity index (χ4v) is 3.26. The van der Waals surface area contributed by atoms with Gasteiger partial charge in [0.05, 0.1) is 19.5 Å². The van der Waals surface area contributed by atoms with Crippen molar-refractivity contribution in [1.29, 1.82) is 0 Å². The highest BCUT2D eigenvalue weighted by atomic mass is 32.2. The number of carbonyl (C=O) groups is 1. The third-order valence-corrected chi connectivity index (χ3v) is 4.77. The van der Waals surface area contributed by atoms with Crippen LogP contribution in [0.5, 0.6) is 23.0 Å². The highest BCUT2D eigenvalue weighted by Gasteiger charge is 2.18. The topological polar surface area (TPSA) is 66.0 Å². The van der Waals surface area contributed by atoms with Gasteiger partial charge in [-0.25, -0.2) is 0 Å². The van der Waals surface area contributed by atoms with Crippen LogP contribution in [0.15, 0.2) is 41.3 Å². The summed E-state index contributed by atoms with van der Waals surface area (Å²) in [7, 11) is 3.17. The molecule has 0 saturated heterocycles. The number of hydrogen-bond acceptors (Lipinski definition) is 6. The summed E-state index contributed by atoms with van der Waals surface area (Å²) < 4.78 is 21.1. The summed E-state index contributed by atoms with van der Waals surface area (Å²) >= 11 is 1.44. The zero-order chi connectivity index (χ0) is 17.8. The molecule has 25 heavy (non-hydrogen) atoms. The predicted octanol–water partition coefficient (Wildman–Crippen LogP) is 3.55. The lowest BCUT2D eigenvalue weighted by atomic mass is 10.2. The van der Waals surface area contributed by atoms with Crippen LogP contribution in [-0.2, 0) is 4.79 Å². The summed E-state index contributed by atoms with van der Waals surface area (Å²) in [5.74, 6) is 2.52. The van der Waals surface area contributed by atoms with E-state index < -0.39 is 0 Å². The maximum Gasteiger partial charge on any atom is 0.237 e. The van der Waals surface area contributed by atoms with Crippen molar-refractivity contribution < 1.29 is 23.7 Å². The molecule has 0 fully saturated rings. The Labute approximate surface area is 150 Å². The quantitative estimate of drug-likeness (QED) is 0.794. The molecule has 0 bridgehead atoms. The fourth-order valence-electron chi connectivity index (χ4n) is 2.37. The Morgan fingerprint density at radius 3 is 2.60 bits per heavy atom. The van der Waals surface area contributed by atoms with E-state index in [1.54, 1.807) is 32.4 Å². The van der Waals surface area contributed by atoms with Gasteiger partial charge in [-0.15, -0.1) is 11.8 Å². The van der Waals surface area contributed by atoms with Crippen molar-refractivity contribution in [1.82, 2.24) is 0 Å². The van der Waals surface area contributed by atoms with Gasteiger partial charge in [0.25, 0.3) is 0 Å². The minimum Gasteiger partial charge on any atom is -0.493 e. The molecule has 0 aliphatic carbocycles. The molecule has 1 aliphatic heterocycles. The van der Waals surface area contributed by atoms with Gasteiger partial charge in [-0.3, -0.25) is 4.79 Å². The first-order valence-electron chi connectivity index (χ1n) is 7.70. The van der Waals surface area contributed by atoms with E-state index in [-0.39, 0.29) is 18.0 Å². The summed E-state index contributed by atoms with van der Waals surface area (Å²) in [4.78, 5) is 13.4. The number of fused-ring (bicyclic) bond motifs is 1. The molecule has 2 aromatic rings. The Kier molecular flexibility index (Phi) is 5.23. The number of amides is 1. The molecule has 0 aromatic heterocycles. The van der Waals surface area contributed by atoms with Gasteiger partial charge in [0.15, 0.2) is 23.0 Å². The van der Waals surface area contributed by atoms with Gasteiger partial charge in [0.2, 0.25) is 12.7 Å². The van der Waals surface area contributed by atoms with Crippen LogP contribution in [0.1, 0.15) is 6.92 Å². The number of benzene rings is 2. The minimum atomic E-state index is -0.288. The molecule has 1 amide bonds. The molecule has 1 atom stereocenters. The second-order valence-corrected chi connectivity index (χ2v) is 6.75. The first-order chi connectivity index (χ1) is 12.1. The second-order valence-electron chi connectivity index (χ2n) is 5.33. The van der Waals surface area contributed by atoms with Crippen molar-refractivity contribution in [2.45, 2.75) is 17.1 Å². The Morgan fingerprint density at radius 1 is 1.08 bits per heavy atom. The summed E-state index contributed by atoms with van der Waals surface area (Å²) in [6.07, 6.45) is 0. The van der Waals surface area contributed by atoms with Gasteiger partial charge in [-0.2, -0.15) is 0 Å². The van der Waals surface area contributed by atoms with Crippen LogP contribution in [0.3, 0.4) is 0 Å². The van der Waals surface area contributed by atoms with Crippen LogP contribution in [0.4, 0.5) is 5.69 Å². The molecule has 2 aromatic carbocycles. The Hall–Kier alpha value is -2.54. The molecule has 0 radical (unpaired) electrons. The van der Waals surface area contributed by atoms with Gasteiger partial charge in [-0.1, -0.05) is 0 Å². The van der Waals surface area contributed by atoms with Gasteiger partial charge in [0.1, 0.15) is 0 Å². The molecule has 132 valence electrons.